The average Bonchev–Trinajstić information content (AvgIpc) is 3.07. The molecular weight excluding hydrogens is 442 g/mol. The Morgan fingerprint density at radius 2 is 1.60 bits per heavy atom. The number of carbonyl (C=O) groups excluding carboxylic acids is 2. The molecular formula is C28H33N3O4. The van der Waals surface area contributed by atoms with Crippen molar-refractivity contribution in [2.45, 2.75) is 45.3 Å². The number of β-amino-alcohol motifs (C(OH)–C–C–N with tert-alkyl or cyclic N) is 2. The van der Waals surface area contributed by atoms with Gasteiger partial charge in [0.1, 0.15) is 0 Å². The van der Waals surface area contributed by atoms with Crippen molar-refractivity contribution in [2.75, 3.05) is 26.2 Å². The van der Waals surface area contributed by atoms with E-state index in [4.69, 9.17) is 0 Å². The summed E-state index contributed by atoms with van der Waals surface area (Å²) in [6, 6.07) is 13.3. The van der Waals surface area contributed by atoms with Crippen molar-refractivity contribution in [2.24, 2.45) is 4.99 Å². The van der Waals surface area contributed by atoms with E-state index in [1.807, 2.05) is 41.3 Å². The molecule has 2 heterocycles. The van der Waals surface area contributed by atoms with Crippen LogP contribution in [0.15, 0.2) is 53.0 Å². The molecule has 2 amide bonds. The molecule has 35 heavy (non-hydrogen) atoms. The van der Waals surface area contributed by atoms with E-state index in [0.717, 1.165) is 53.9 Å². The highest BCUT2D eigenvalue weighted by molar-refractivity contribution is 6.02. The number of carbonyl (C=O) groups is 2. The van der Waals surface area contributed by atoms with Crippen LogP contribution < -0.4 is 0 Å². The summed E-state index contributed by atoms with van der Waals surface area (Å²) in [5.41, 5.74) is 4.90. The Morgan fingerprint density at radius 1 is 0.971 bits per heavy atom. The first-order chi connectivity index (χ1) is 16.9. The Morgan fingerprint density at radius 3 is 2.23 bits per heavy atom. The summed E-state index contributed by atoms with van der Waals surface area (Å²) in [5, 5.41) is 19.4. The topological polar surface area (TPSA) is 93.4 Å². The van der Waals surface area contributed by atoms with Crippen molar-refractivity contribution in [3.8, 4) is 11.1 Å². The maximum absolute atomic E-state index is 13.1. The molecule has 7 nitrogen and oxygen atoms in total. The van der Waals surface area contributed by atoms with E-state index < -0.39 is 12.2 Å². The van der Waals surface area contributed by atoms with Gasteiger partial charge in [-0.25, -0.2) is 0 Å². The van der Waals surface area contributed by atoms with Crippen LogP contribution in [0.5, 0.6) is 0 Å². The van der Waals surface area contributed by atoms with Gasteiger partial charge >= 0.3 is 0 Å². The first-order valence-corrected chi connectivity index (χ1v) is 12.3. The van der Waals surface area contributed by atoms with Crippen molar-refractivity contribution >= 4 is 29.8 Å². The van der Waals surface area contributed by atoms with Crippen molar-refractivity contribution in [1.29, 1.82) is 0 Å². The van der Waals surface area contributed by atoms with Crippen LogP contribution in [0.25, 0.3) is 17.2 Å². The molecule has 0 bridgehead atoms. The van der Waals surface area contributed by atoms with Crippen molar-refractivity contribution < 1.29 is 19.8 Å². The summed E-state index contributed by atoms with van der Waals surface area (Å²) in [7, 11) is 0. The van der Waals surface area contributed by atoms with Crippen molar-refractivity contribution in [1.82, 2.24) is 9.80 Å². The lowest BCUT2D eigenvalue weighted by Crippen LogP contribution is -2.33. The predicted molar refractivity (Wildman–Crippen MR) is 138 cm³/mol. The molecule has 0 aliphatic carbocycles. The molecule has 2 aliphatic rings. The average molecular weight is 476 g/mol. The number of aliphatic hydroxyl groups is 2. The zero-order chi connectivity index (χ0) is 24.9. The SMILES string of the molecule is CCCN(CCC)C(=O)C1=Cc2ccc(-c3ccc(C(=O)N4C[C@H](O)[C@@H](O)C4)cc3)cc2N=CC1. The van der Waals surface area contributed by atoms with Gasteiger partial charge in [-0.2, -0.15) is 0 Å². The molecule has 2 atom stereocenters. The molecule has 2 N–H and O–H groups in total. The number of aliphatic hydroxyl groups excluding tert-OH is 2. The first-order valence-electron chi connectivity index (χ1n) is 12.3. The number of nitrogens with zero attached hydrogens (tertiary/aromatic N) is 3. The normalized spacial score (nSPS) is 19.2. The van der Waals surface area contributed by atoms with E-state index in [1.165, 1.54) is 4.90 Å². The Kier molecular flexibility index (Phi) is 7.78. The van der Waals surface area contributed by atoms with Gasteiger partial charge in [-0.15, -0.1) is 0 Å². The highest BCUT2D eigenvalue weighted by Gasteiger charge is 2.32. The molecule has 1 fully saturated rings. The van der Waals surface area contributed by atoms with E-state index >= 15 is 0 Å². The molecule has 184 valence electrons. The third kappa shape index (κ3) is 5.52. The number of hydrogen-bond acceptors (Lipinski definition) is 5. The van der Waals surface area contributed by atoms with Crippen LogP contribution in [0, 0.1) is 0 Å². The monoisotopic (exact) mass is 475 g/mol. The van der Waals surface area contributed by atoms with Crippen LogP contribution in [0.1, 0.15) is 49.0 Å². The van der Waals surface area contributed by atoms with Crippen LogP contribution in [-0.2, 0) is 4.79 Å². The molecule has 4 rings (SSSR count). The lowest BCUT2D eigenvalue weighted by Gasteiger charge is -2.22. The number of fused-ring (bicyclic) bond motifs is 1. The Hall–Kier alpha value is -3.29. The quantitative estimate of drug-likeness (QED) is 0.639. The van der Waals surface area contributed by atoms with Crippen LogP contribution in [0.4, 0.5) is 5.69 Å². The zero-order valence-electron chi connectivity index (χ0n) is 20.4. The largest absolute Gasteiger partial charge is 0.388 e. The number of amides is 2. The van der Waals surface area contributed by atoms with Gasteiger partial charge in [-0.3, -0.25) is 14.6 Å². The smallest absolute Gasteiger partial charge is 0.254 e. The Bertz CT molecular complexity index is 1120. The van der Waals surface area contributed by atoms with Gasteiger partial charge in [0.2, 0.25) is 5.91 Å². The summed E-state index contributed by atoms with van der Waals surface area (Å²) in [5.74, 6) is -0.128. The highest BCUT2D eigenvalue weighted by Crippen LogP contribution is 2.31. The molecule has 0 aromatic heterocycles. The number of benzene rings is 2. The molecule has 2 aromatic rings. The second-order valence-electron chi connectivity index (χ2n) is 9.17. The minimum atomic E-state index is -0.899. The van der Waals surface area contributed by atoms with E-state index in [0.29, 0.717) is 12.0 Å². The fourth-order valence-electron chi connectivity index (χ4n) is 4.58. The van der Waals surface area contributed by atoms with Gasteiger partial charge in [0, 0.05) is 55.5 Å². The van der Waals surface area contributed by atoms with Crippen LogP contribution in [0.3, 0.4) is 0 Å². The van der Waals surface area contributed by atoms with Crippen LogP contribution in [0.2, 0.25) is 0 Å². The maximum atomic E-state index is 13.1. The Balaban J connectivity index is 1.52. The van der Waals surface area contributed by atoms with E-state index in [9.17, 15) is 19.8 Å². The third-order valence-electron chi connectivity index (χ3n) is 6.46. The molecule has 1 saturated heterocycles. The standard InChI is InChI=1S/C28H33N3O4/c1-3-13-30(14-4-2)28(35)23-11-12-29-24-16-21(9-10-22(24)15-23)19-5-7-20(8-6-19)27(34)31-17-25(32)26(33)18-31/h5-10,12,15-16,25-26,32-33H,3-4,11,13-14,17-18H2,1-2H3/t25-,26-/m0/s1. The molecule has 0 unspecified atom stereocenters. The minimum absolute atomic E-state index is 0.0790. The summed E-state index contributed by atoms with van der Waals surface area (Å²) in [6.45, 7) is 5.95. The number of aliphatic imine (C=N–C) groups is 1. The van der Waals surface area contributed by atoms with Gasteiger partial charge in [0.05, 0.1) is 17.9 Å². The van der Waals surface area contributed by atoms with E-state index in [-0.39, 0.29) is 24.9 Å². The molecule has 2 aliphatic heterocycles. The van der Waals surface area contributed by atoms with Crippen LogP contribution in [-0.4, -0.2) is 76.4 Å². The summed E-state index contributed by atoms with van der Waals surface area (Å²) < 4.78 is 0. The second-order valence-corrected chi connectivity index (χ2v) is 9.17. The Labute approximate surface area is 206 Å². The fourth-order valence-corrected chi connectivity index (χ4v) is 4.58. The molecule has 0 saturated carbocycles. The zero-order valence-corrected chi connectivity index (χ0v) is 20.4. The summed E-state index contributed by atoms with van der Waals surface area (Å²) >= 11 is 0. The van der Waals surface area contributed by atoms with Gasteiger partial charge in [0.25, 0.3) is 5.91 Å². The number of rotatable bonds is 7. The van der Waals surface area contributed by atoms with Gasteiger partial charge in [-0.05, 0) is 48.2 Å². The highest BCUT2D eigenvalue weighted by atomic mass is 16.3. The van der Waals surface area contributed by atoms with E-state index in [1.54, 1.807) is 18.3 Å². The molecule has 0 spiro atoms. The van der Waals surface area contributed by atoms with E-state index in [2.05, 4.69) is 18.8 Å². The summed E-state index contributed by atoms with van der Waals surface area (Å²) in [6.07, 6.45) is 4.32. The molecule has 7 heteroatoms. The number of likely N-dealkylation sites (tertiary alicyclic amines) is 1. The minimum Gasteiger partial charge on any atom is -0.388 e. The van der Waals surface area contributed by atoms with Gasteiger partial charge in [-0.1, -0.05) is 38.1 Å². The first kappa shape index (κ1) is 24.8. The molecule has 0 radical (unpaired) electrons. The molecule has 2 aromatic carbocycles. The maximum Gasteiger partial charge on any atom is 0.254 e. The van der Waals surface area contributed by atoms with Crippen molar-refractivity contribution in [3.63, 3.8) is 0 Å². The van der Waals surface area contributed by atoms with Crippen LogP contribution >= 0.6 is 0 Å². The second kappa shape index (κ2) is 11.0. The third-order valence-corrected chi connectivity index (χ3v) is 6.46. The van der Waals surface area contributed by atoms with Gasteiger partial charge in [0.15, 0.2) is 0 Å². The van der Waals surface area contributed by atoms with Gasteiger partial charge < -0.3 is 20.0 Å². The summed E-state index contributed by atoms with van der Waals surface area (Å²) in [4.78, 5) is 33.8. The lowest BCUT2D eigenvalue weighted by molar-refractivity contribution is -0.127. The van der Waals surface area contributed by atoms with Crippen molar-refractivity contribution in [3.05, 3.63) is 59.2 Å². The fraction of sp³-hybridized carbons (Fsp3) is 0.393. The lowest BCUT2D eigenvalue weighted by atomic mass is 9.99. The number of hydrogen-bond donors (Lipinski definition) is 2. The predicted octanol–water partition coefficient (Wildman–Crippen LogP) is 3.67.